The van der Waals surface area contributed by atoms with Crippen molar-refractivity contribution in [2.24, 2.45) is 5.73 Å². The molecule has 3 rings (SSSR count). The molecule has 0 spiro atoms. The molecule has 1 heterocycles. The Morgan fingerprint density at radius 3 is 2.67 bits per heavy atom. The zero-order valence-electron chi connectivity index (χ0n) is 13.9. The van der Waals surface area contributed by atoms with Crippen molar-refractivity contribution >= 4 is 11.8 Å². The van der Waals surface area contributed by atoms with Crippen LogP contribution in [0.5, 0.6) is 0 Å². The van der Waals surface area contributed by atoms with Crippen molar-refractivity contribution < 1.29 is 19.1 Å². The predicted molar refractivity (Wildman–Crippen MR) is 88.7 cm³/mol. The minimum absolute atomic E-state index is 0.0103. The fourth-order valence-corrected chi connectivity index (χ4v) is 3.26. The van der Waals surface area contributed by atoms with Gasteiger partial charge in [0.2, 0.25) is 5.88 Å². The van der Waals surface area contributed by atoms with Gasteiger partial charge < -0.3 is 15.2 Å². The number of benzene rings is 1. The summed E-state index contributed by atoms with van der Waals surface area (Å²) in [5.74, 6) is -0.433. The molecule has 1 aliphatic carbocycles. The lowest BCUT2D eigenvalue weighted by Crippen LogP contribution is -2.31. The van der Waals surface area contributed by atoms with E-state index in [4.69, 9.17) is 15.2 Å². The Balaban J connectivity index is 2.15. The second-order valence-electron chi connectivity index (χ2n) is 6.06. The smallest absolute Gasteiger partial charge is 0.340 e. The van der Waals surface area contributed by atoms with Crippen LogP contribution in [0.1, 0.15) is 43.2 Å². The van der Waals surface area contributed by atoms with E-state index < -0.39 is 11.9 Å². The van der Waals surface area contributed by atoms with Crippen molar-refractivity contribution in [3.8, 4) is 0 Å². The molecule has 1 aliphatic heterocycles. The van der Waals surface area contributed by atoms with E-state index in [2.05, 4.69) is 0 Å². The first kappa shape index (κ1) is 16.3. The Labute approximate surface area is 141 Å². The van der Waals surface area contributed by atoms with Gasteiger partial charge >= 0.3 is 5.97 Å². The molecule has 126 valence electrons. The topological polar surface area (TPSA) is 78.6 Å². The van der Waals surface area contributed by atoms with Gasteiger partial charge in [-0.05, 0) is 25.8 Å². The molecule has 24 heavy (non-hydrogen) atoms. The minimum atomic E-state index is -0.537. The molecule has 1 atom stereocenters. The average molecular weight is 327 g/mol. The number of rotatable bonds is 3. The van der Waals surface area contributed by atoms with Gasteiger partial charge in [-0.2, -0.15) is 0 Å². The third-order valence-corrected chi connectivity index (χ3v) is 4.39. The van der Waals surface area contributed by atoms with Gasteiger partial charge in [0.25, 0.3) is 0 Å². The summed E-state index contributed by atoms with van der Waals surface area (Å²) < 4.78 is 10.8. The van der Waals surface area contributed by atoms with Gasteiger partial charge in [-0.25, -0.2) is 4.79 Å². The molecule has 0 saturated carbocycles. The number of allylic oxidation sites excluding steroid dienone is 2. The van der Waals surface area contributed by atoms with Crippen LogP contribution in [0.3, 0.4) is 0 Å². The highest BCUT2D eigenvalue weighted by molar-refractivity contribution is 6.03. The second-order valence-corrected chi connectivity index (χ2v) is 6.06. The summed E-state index contributed by atoms with van der Waals surface area (Å²) in [4.78, 5) is 25.0. The number of esters is 1. The third kappa shape index (κ3) is 2.82. The van der Waals surface area contributed by atoms with Crippen LogP contribution in [-0.2, 0) is 19.1 Å². The van der Waals surface area contributed by atoms with Crippen molar-refractivity contribution in [2.45, 2.75) is 39.0 Å². The summed E-state index contributed by atoms with van der Waals surface area (Å²) >= 11 is 0. The fraction of sp³-hybridized carbons (Fsp3) is 0.368. The van der Waals surface area contributed by atoms with Crippen LogP contribution in [0.4, 0.5) is 0 Å². The lowest BCUT2D eigenvalue weighted by atomic mass is 9.77. The van der Waals surface area contributed by atoms with E-state index in [1.54, 1.807) is 6.92 Å². The first-order chi connectivity index (χ1) is 11.5. The molecule has 0 aromatic heterocycles. The van der Waals surface area contributed by atoms with Crippen molar-refractivity contribution in [1.29, 1.82) is 0 Å². The molecule has 1 aromatic carbocycles. The van der Waals surface area contributed by atoms with Crippen LogP contribution in [0, 0.1) is 6.92 Å². The number of aryl methyl sites for hydroxylation is 1. The van der Waals surface area contributed by atoms with E-state index in [1.165, 1.54) is 0 Å². The van der Waals surface area contributed by atoms with Gasteiger partial charge in [0.05, 0.1) is 12.5 Å². The number of carbonyl (C=O) groups excluding carboxylic acids is 2. The van der Waals surface area contributed by atoms with Crippen LogP contribution in [0.15, 0.2) is 47.1 Å². The SMILES string of the molecule is CCOC(=O)C1=C(N)OC2=C(C(=O)CCC2)[C@H]1c1ccc(C)cc1. The molecule has 0 radical (unpaired) electrons. The number of ketones is 1. The molecule has 0 saturated heterocycles. The van der Waals surface area contributed by atoms with Gasteiger partial charge in [0, 0.05) is 18.4 Å². The van der Waals surface area contributed by atoms with Crippen molar-refractivity contribution in [1.82, 2.24) is 0 Å². The molecule has 0 unspecified atom stereocenters. The first-order valence-corrected chi connectivity index (χ1v) is 8.20. The number of hydrogen-bond donors (Lipinski definition) is 1. The van der Waals surface area contributed by atoms with Crippen LogP contribution >= 0.6 is 0 Å². The molecule has 0 bridgehead atoms. The molecule has 2 N–H and O–H groups in total. The van der Waals surface area contributed by atoms with Gasteiger partial charge in [0.1, 0.15) is 11.3 Å². The summed E-state index contributed by atoms with van der Waals surface area (Å²) in [6, 6.07) is 7.75. The molecule has 0 fully saturated rings. The van der Waals surface area contributed by atoms with E-state index in [9.17, 15) is 9.59 Å². The summed E-state index contributed by atoms with van der Waals surface area (Å²) in [6.07, 6.45) is 1.85. The molecular weight excluding hydrogens is 306 g/mol. The monoisotopic (exact) mass is 327 g/mol. The lowest BCUT2D eigenvalue weighted by molar-refractivity contribution is -0.139. The van der Waals surface area contributed by atoms with Gasteiger partial charge in [0.15, 0.2) is 5.78 Å². The largest absolute Gasteiger partial charge is 0.462 e. The maximum atomic E-state index is 12.6. The lowest BCUT2D eigenvalue weighted by Gasteiger charge is -2.32. The van der Waals surface area contributed by atoms with Crippen LogP contribution in [0.25, 0.3) is 0 Å². The Kier molecular flexibility index (Phi) is 4.42. The van der Waals surface area contributed by atoms with Crippen molar-refractivity contribution in [2.75, 3.05) is 6.61 Å². The summed E-state index contributed by atoms with van der Waals surface area (Å²) in [6.45, 7) is 3.95. The van der Waals surface area contributed by atoms with E-state index >= 15 is 0 Å². The molecule has 5 heteroatoms. The second kappa shape index (κ2) is 6.51. The number of nitrogens with two attached hydrogens (primary N) is 1. The summed E-state index contributed by atoms with van der Waals surface area (Å²) in [5, 5.41) is 0. The average Bonchev–Trinajstić information content (AvgIpc) is 2.55. The fourth-order valence-electron chi connectivity index (χ4n) is 3.26. The highest BCUT2D eigenvalue weighted by Crippen LogP contribution is 2.43. The summed E-state index contributed by atoms with van der Waals surface area (Å²) in [5.41, 5.74) is 8.74. The molecule has 2 aliphatic rings. The van der Waals surface area contributed by atoms with Crippen LogP contribution in [-0.4, -0.2) is 18.4 Å². The third-order valence-electron chi connectivity index (χ3n) is 4.39. The minimum Gasteiger partial charge on any atom is -0.462 e. The maximum Gasteiger partial charge on any atom is 0.340 e. The van der Waals surface area contributed by atoms with E-state index in [0.717, 1.165) is 17.5 Å². The van der Waals surface area contributed by atoms with Gasteiger partial charge in [-0.15, -0.1) is 0 Å². The van der Waals surface area contributed by atoms with E-state index in [-0.39, 0.29) is 23.8 Å². The highest BCUT2D eigenvalue weighted by atomic mass is 16.5. The molecule has 0 amide bonds. The van der Waals surface area contributed by atoms with E-state index in [0.29, 0.717) is 24.2 Å². The zero-order chi connectivity index (χ0) is 17.3. The van der Waals surface area contributed by atoms with Crippen molar-refractivity contribution in [3.63, 3.8) is 0 Å². The highest BCUT2D eigenvalue weighted by Gasteiger charge is 2.41. The van der Waals surface area contributed by atoms with Crippen LogP contribution in [0.2, 0.25) is 0 Å². The van der Waals surface area contributed by atoms with Gasteiger partial charge in [-0.3, -0.25) is 4.79 Å². The number of carbonyl (C=O) groups is 2. The molecule has 1 aromatic rings. The molecule has 5 nitrogen and oxygen atoms in total. The Hall–Kier alpha value is -2.56. The molecular formula is C19H21NO4. The van der Waals surface area contributed by atoms with Gasteiger partial charge in [-0.1, -0.05) is 29.8 Å². The number of hydrogen-bond acceptors (Lipinski definition) is 5. The predicted octanol–water partition coefficient (Wildman–Crippen LogP) is 2.85. The van der Waals surface area contributed by atoms with E-state index in [1.807, 2.05) is 31.2 Å². The quantitative estimate of drug-likeness (QED) is 0.864. The summed E-state index contributed by atoms with van der Waals surface area (Å²) in [7, 11) is 0. The Morgan fingerprint density at radius 1 is 1.29 bits per heavy atom. The Morgan fingerprint density at radius 2 is 2.00 bits per heavy atom. The normalized spacial score (nSPS) is 20.6. The Bertz CT molecular complexity index is 743. The number of Topliss-reactive ketones (excluding diaryl/α,β-unsaturated/α-hetero) is 1. The first-order valence-electron chi connectivity index (χ1n) is 8.20. The standard InChI is InChI=1S/C19H21NO4/c1-3-23-19(22)17-15(12-9-7-11(2)8-10-12)16-13(21)5-4-6-14(16)24-18(17)20/h7-10,15H,3-6,20H2,1-2H3/t15-/m1/s1. The maximum absolute atomic E-state index is 12.6. The van der Waals surface area contributed by atoms with Crippen LogP contribution < -0.4 is 5.73 Å². The number of ether oxygens (including phenoxy) is 2. The zero-order valence-corrected chi connectivity index (χ0v) is 13.9. The van der Waals surface area contributed by atoms with Crippen molar-refractivity contribution in [3.05, 3.63) is 58.2 Å².